The second-order valence-electron chi connectivity index (χ2n) is 5.48. The van der Waals surface area contributed by atoms with Gasteiger partial charge < -0.3 is 10.4 Å². The van der Waals surface area contributed by atoms with E-state index in [4.69, 9.17) is 5.11 Å². The van der Waals surface area contributed by atoms with Crippen LogP contribution in [-0.2, 0) is 25.8 Å². The topological polar surface area (TPSA) is 101 Å². The van der Waals surface area contributed by atoms with Crippen LogP contribution in [-0.4, -0.2) is 47.9 Å². The number of anilines is 1. The summed E-state index contributed by atoms with van der Waals surface area (Å²) in [6.45, 7) is 0. The molecule has 1 fully saturated rings. The molecule has 0 spiro atoms. The highest BCUT2D eigenvalue weighted by atomic mass is 32.2. The molecule has 1 saturated heterocycles. The lowest BCUT2D eigenvalue weighted by Gasteiger charge is -2.09. The normalized spacial score (nSPS) is 19.4. The van der Waals surface area contributed by atoms with Crippen LogP contribution in [0.5, 0.6) is 0 Å². The summed E-state index contributed by atoms with van der Waals surface area (Å²) < 4.78 is 22.7. The summed E-state index contributed by atoms with van der Waals surface area (Å²) in [4.78, 5) is 22.5. The number of aliphatic carboxylic acids is 1. The van der Waals surface area contributed by atoms with Gasteiger partial charge in [0.2, 0.25) is 5.91 Å². The number of sulfone groups is 1. The average Bonchev–Trinajstić information content (AvgIpc) is 2.83. The molecule has 0 aromatic heterocycles. The van der Waals surface area contributed by atoms with Crippen molar-refractivity contribution >= 4 is 39.2 Å². The third-order valence-electron chi connectivity index (χ3n) is 3.48. The van der Waals surface area contributed by atoms with Crippen molar-refractivity contribution in [1.29, 1.82) is 0 Å². The number of amides is 1. The fourth-order valence-corrected chi connectivity index (χ4v) is 5.78. The van der Waals surface area contributed by atoms with Crippen molar-refractivity contribution < 1.29 is 23.1 Å². The van der Waals surface area contributed by atoms with Crippen LogP contribution in [0.25, 0.3) is 0 Å². The monoisotopic (exact) mass is 357 g/mol. The molecule has 1 atom stereocenters. The summed E-state index contributed by atoms with van der Waals surface area (Å²) in [5, 5.41) is 11.4. The second-order valence-corrected chi connectivity index (χ2v) is 9.00. The molecule has 0 bridgehead atoms. The van der Waals surface area contributed by atoms with Crippen molar-refractivity contribution in [3.8, 4) is 0 Å². The quantitative estimate of drug-likeness (QED) is 0.768. The minimum absolute atomic E-state index is 0.00680. The first-order valence-corrected chi connectivity index (χ1v) is 10.1. The number of aryl methyl sites for hydroxylation is 1. The number of thioether (sulfide) groups is 1. The molecule has 1 unspecified atom stereocenters. The maximum atomic E-state index is 11.9. The fourth-order valence-electron chi connectivity index (χ4n) is 2.34. The molecule has 1 heterocycles. The van der Waals surface area contributed by atoms with Gasteiger partial charge in [-0.15, -0.1) is 11.8 Å². The van der Waals surface area contributed by atoms with E-state index in [1.54, 1.807) is 18.2 Å². The van der Waals surface area contributed by atoms with E-state index in [2.05, 4.69) is 5.32 Å². The van der Waals surface area contributed by atoms with Gasteiger partial charge in [-0.1, -0.05) is 12.1 Å². The molecule has 2 N–H and O–H groups in total. The molecule has 0 saturated carbocycles. The molecular formula is C15H19NO5S2. The van der Waals surface area contributed by atoms with Crippen LogP contribution >= 0.6 is 11.8 Å². The van der Waals surface area contributed by atoms with Gasteiger partial charge in [0.05, 0.1) is 17.3 Å². The Morgan fingerprint density at radius 3 is 2.78 bits per heavy atom. The highest BCUT2D eigenvalue weighted by molar-refractivity contribution is 8.02. The fraction of sp³-hybridized carbons (Fsp3) is 0.467. The third kappa shape index (κ3) is 6.23. The number of rotatable bonds is 7. The van der Waals surface area contributed by atoms with Crippen molar-refractivity contribution in [2.75, 3.05) is 22.6 Å². The molecule has 0 radical (unpaired) electrons. The molecule has 6 nitrogen and oxygen atoms in total. The highest BCUT2D eigenvalue weighted by Crippen LogP contribution is 2.24. The zero-order valence-electron chi connectivity index (χ0n) is 12.5. The van der Waals surface area contributed by atoms with E-state index in [1.165, 1.54) is 11.8 Å². The zero-order valence-corrected chi connectivity index (χ0v) is 14.2. The van der Waals surface area contributed by atoms with Crippen molar-refractivity contribution in [1.82, 2.24) is 0 Å². The van der Waals surface area contributed by atoms with Crippen molar-refractivity contribution in [3.05, 3.63) is 29.8 Å². The second kappa shape index (κ2) is 7.83. The van der Waals surface area contributed by atoms with Gasteiger partial charge >= 0.3 is 5.97 Å². The van der Waals surface area contributed by atoms with E-state index in [0.717, 1.165) is 5.56 Å². The van der Waals surface area contributed by atoms with Gasteiger partial charge in [0.25, 0.3) is 0 Å². The minimum Gasteiger partial charge on any atom is -0.481 e. The molecule has 126 valence electrons. The maximum Gasteiger partial charge on any atom is 0.303 e. The number of nitrogens with one attached hydrogen (secondary N) is 1. The Bertz CT molecular complexity index is 687. The Labute approximate surface area is 139 Å². The lowest BCUT2D eigenvalue weighted by Crippen LogP contribution is -2.17. The van der Waals surface area contributed by atoms with Gasteiger partial charge in [-0.05, 0) is 30.5 Å². The van der Waals surface area contributed by atoms with Crippen LogP contribution in [0.4, 0.5) is 5.69 Å². The Hall–Kier alpha value is -1.54. The number of benzene rings is 1. The van der Waals surface area contributed by atoms with Crippen LogP contribution in [0.2, 0.25) is 0 Å². The summed E-state index contributed by atoms with van der Waals surface area (Å²) >= 11 is 1.36. The van der Waals surface area contributed by atoms with Gasteiger partial charge in [0, 0.05) is 17.4 Å². The lowest BCUT2D eigenvalue weighted by molar-refractivity contribution is -0.137. The first-order chi connectivity index (χ1) is 10.8. The molecule has 1 aliphatic rings. The van der Waals surface area contributed by atoms with Crippen molar-refractivity contribution in [2.24, 2.45) is 0 Å². The predicted molar refractivity (Wildman–Crippen MR) is 90.5 cm³/mol. The molecule has 1 amide bonds. The van der Waals surface area contributed by atoms with E-state index in [0.29, 0.717) is 18.5 Å². The zero-order chi connectivity index (χ0) is 16.9. The standard InChI is InChI=1S/C15H19NO5S2/c17-14(9-22-13-6-7-23(20,21)10-13)16-12-3-1-2-11(8-12)4-5-15(18)19/h1-3,8,13H,4-7,9-10H2,(H,16,17)(H,18,19). The van der Waals surface area contributed by atoms with E-state index < -0.39 is 15.8 Å². The molecule has 0 aliphatic carbocycles. The Balaban J connectivity index is 1.81. The summed E-state index contributed by atoms with van der Waals surface area (Å²) in [5.74, 6) is -0.482. The van der Waals surface area contributed by atoms with Gasteiger partial charge in [0.15, 0.2) is 9.84 Å². The number of hydrogen-bond acceptors (Lipinski definition) is 5. The number of carboxylic acids is 1. The molecular weight excluding hydrogens is 338 g/mol. The van der Waals surface area contributed by atoms with Gasteiger partial charge in [-0.2, -0.15) is 0 Å². The lowest BCUT2D eigenvalue weighted by atomic mass is 10.1. The highest BCUT2D eigenvalue weighted by Gasteiger charge is 2.28. The van der Waals surface area contributed by atoms with Crippen LogP contribution < -0.4 is 5.32 Å². The average molecular weight is 357 g/mol. The number of hydrogen-bond donors (Lipinski definition) is 2. The van der Waals surface area contributed by atoms with Crippen molar-refractivity contribution in [3.63, 3.8) is 0 Å². The van der Waals surface area contributed by atoms with Crippen molar-refractivity contribution in [2.45, 2.75) is 24.5 Å². The number of carbonyl (C=O) groups excluding carboxylic acids is 1. The third-order valence-corrected chi connectivity index (χ3v) is 6.76. The molecule has 2 rings (SSSR count). The maximum absolute atomic E-state index is 11.9. The van der Waals surface area contributed by atoms with E-state index in [1.807, 2.05) is 6.07 Å². The SMILES string of the molecule is O=C(O)CCc1cccc(NC(=O)CSC2CCS(=O)(=O)C2)c1. The van der Waals surface area contributed by atoms with E-state index in [9.17, 15) is 18.0 Å². The van der Waals surface area contributed by atoms with Crippen LogP contribution in [0.1, 0.15) is 18.4 Å². The molecule has 1 aliphatic heterocycles. The predicted octanol–water partition coefficient (Wildman–Crippen LogP) is 1.56. The smallest absolute Gasteiger partial charge is 0.303 e. The molecule has 1 aromatic rings. The summed E-state index contributed by atoms with van der Waals surface area (Å²) in [5.41, 5.74) is 1.47. The summed E-state index contributed by atoms with van der Waals surface area (Å²) in [7, 11) is -2.92. The van der Waals surface area contributed by atoms with Crippen LogP contribution in [0.3, 0.4) is 0 Å². The Kier molecular flexibility index (Phi) is 6.06. The van der Waals surface area contributed by atoms with Crippen LogP contribution in [0.15, 0.2) is 24.3 Å². The van der Waals surface area contributed by atoms with Gasteiger partial charge in [0.1, 0.15) is 0 Å². The van der Waals surface area contributed by atoms with Crippen LogP contribution in [0, 0.1) is 0 Å². The number of carbonyl (C=O) groups is 2. The van der Waals surface area contributed by atoms with E-state index >= 15 is 0 Å². The van der Waals surface area contributed by atoms with Gasteiger partial charge in [-0.3, -0.25) is 9.59 Å². The van der Waals surface area contributed by atoms with E-state index in [-0.39, 0.29) is 34.8 Å². The molecule has 1 aromatic carbocycles. The summed E-state index contributed by atoms with van der Waals surface area (Å²) in [6, 6.07) is 7.08. The van der Waals surface area contributed by atoms with Gasteiger partial charge in [-0.25, -0.2) is 8.42 Å². The Morgan fingerprint density at radius 2 is 2.13 bits per heavy atom. The molecule has 8 heteroatoms. The number of carboxylic acid groups (broad SMARTS) is 1. The summed E-state index contributed by atoms with van der Waals surface area (Å²) in [6.07, 6.45) is 1.06. The molecule has 23 heavy (non-hydrogen) atoms. The Morgan fingerprint density at radius 1 is 1.35 bits per heavy atom. The largest absolute Gasteiger partial charge is 0.481 e. The minimum atomic E-state index is -2.92. The first-order valence-electron chi connectivity index (χ1n) is 7.27. The first kappa shape index (κ1) is 17.8.